The van der Waals surface area contributed by atoms with Gasteiger partial charge in [0.25, 0.3) is 5.91 Å². The zero-order chi connectivity index (χ0) is 26.3. The lowest BCUT2D eigenvalue weighted by Crippen LogP contribution is -2.46. The largest absolute Gasteiger partial charge is 0.307 e. The van der Waals surface area contributed by atoms with Crippen molar-refractivity contribution in [1.29, 1.82) is 0 Å². The van der Waals surface area contributed by atoms with E-state index in [9.17, 15) is 13.6 Å². The first-order valence-electron chi connectivity index (χ1n) is 11.6. The third-order valence-corrected chi connectivity index (χ3v) is 8.08. The van der Waals surface area contributed by atoms with E-state index < -0.39 is 11.6 Å². The van der Waals surface area contributed by atoms with Crippen LogP contribution in [0.25, 0.3) is 6.08 Å². The van der Waals surface area contributed by atoms with Gasteiger partial charge in [0.15, 0.2) is 0 Å². The first-order chi connectivity index (χ1) is 17.7. The number of hydrogen-bond acceptors (Lipinski definition) is 3. The molecule has 10 heteroatoms. The number of benzene rings is 2. The Hall–Kier alpha value is -2.22. The lowest BCUT2D eigenvalue weighted by atomic mass is 9.74. The molecule has 192 valence electrons. The van der Waals surface area contributed by atoms with E-state index in [1.54, 1.807) is 17.0 Å². The van der Waals surface area contributed by atoms with Crippen molar-refractivity contribution in [2.24, 2.45) is 0 Å². The van der Waals surface area contributed by atoms with Crippen LogP contribution in [0.1, 0.15) is 34.3 Å². The summed E-state index contributed by atoms with van der Waals surface area (Å²) in [6.45, 7) is 2.57. The van der Waals surface area contributed by atoms with Gasteiger partial charge in [0.05, 0.1) is 5.02 Å². The van der Waals surface area contributed by atoms with E-state index in [1.165, 1.54) is 18.2 Å². The second-order valence-electron chi connectivity index (χ2n) is 9.29. The van der Waals surface area contributed by atoms with Crippen LogP contribution >= 0.6 is 46.4 Å². The number of rotatable bonds is 4. The minimum atomic E-state index is -0.656. The smallest absolute Gasteiger partial charge is 0.258 e. The van der Waals surface area contributed by atoms with Gasteiger partial charge >= 0.3 is 0 Å². The number of pyridine rings is 1. The number of piperidine rings is 1. The van der Waals surface area contributed by atoms with Gasteiger partial charge in [0.1, 0.15) is 21.9 Å². The van der Waals surface area contributed by atoms with E-state index >= 15 is 0 Å². The van der Waals surface area contributed by atoms with Crippen molar-refractivity contribution in [2.75, 3.05) is 31.1 Å². The van der Waals surface area contributed by atoms with E-state index in [2.05, 4.69) is 9.88 Å². The molecule has 2 aliphatic rings. The minimum absolute atomic E-state index is 0.0416. The summed E-state index contributed by atoms with van der Waals surface area (Å²) < 4.78 is 27.8. The molecule has 3 aromatic rings. The summed E-state index contributed by atoms with van der Waals surface area (Å²) in [5.41, 5.74) is 2.02. The monoisotopic (exact) mass is 581 g/mol. The van der Waals surface area contributed by atoms with Gasteiger partial charge in [-0.05, 0) is 74.0 Å². The van der Waals surface area contributed by atoms with Crippen LogP contribution in [-0.2, 0) is 5.41 Å². The van der Waals surface area contributed by atoms with Crippen LogP contribution < -0.4 is 4.90 Å². The van der Waals surface area contributed by atoms with Gasteiger partial charge < -0.3 is 4.90 Å². The van der Waals surface area contributed by atoms with E-state index in [-0.39, 0.29) is 32.2 Å². The minimum Gasteiger partial charge on any atom is -0.307 e. The van der Waals surface area contributed by atoms with Crippen LogP contribution in [0.2, 0.25) is 20.4 Å². The molecule has 1 aromatic heterocycles. The maximum atomic E-state index is 14.1. The fourth-order valence-corrected chi connectivity index (χ4v) is 6.02. The summed E-state index contributed by atoms with van der Waals surface area (Å²) in [7, 11) is 0. The first kappa shape index (κ1) is 26.4. The number of carbonyl (C=O) groups excluding carboxylic acids is 1. The van der Waals surface area contributed by atoms with E-state index in [4.69, 9.17) is 46.4 Å². The summed E-state index contributed by atoms with van der Waals surface area (Å²) >= 11 is 24.4. The Morgan fingerprint density at radius 3 is 2.35 bits per heavy atom. The lowest BCUT2D eigenvalue weighted by Gasteiger charge is -2.39. The zero-order valence-corrected chi connectivity index (χ0v) is 22.5. The Balaban J connectivity index is 1.33. The molecular formula is C27H21Cl4F2N3O. The van der Waals surface area contributed by atoms with Crippen LogP contribution in [0.4, 0.5) is 14.5 Å². The van der Waals surface area contributed by atoms with E-state index in [0.29, 0.717) is 23.7 Å². The molecule has 37 heavy (non-hydrogen) atoms. The summed E-state index contributed by atoms with van der Waals surface area (Å²) in [5.74, 6) is -1.43. The quantitative estimate of drug-likeness (QED) is 0.234. The fraction of sp³-hybridized carbons (Fsp3) is 0.259. The Morgan fingerprint density at radius 1 is 0.973 bits per heavy atom. The van der Waals surface area contributed by atoms with Gasteiger partial charge in [-0.2, -0.15) is 0 Å². The van der Waals surface area contributed by atoms with Gasteiger partial charge in [-0.3, -0.25) is 9.69 Å². The van der Waals surface area contributed by atoms with Crippen LogP contribution in [0.3, 0.4) is 0 Å². The lowest BCUT2D eigenvalue weighted by molar-refractivity contribution is 0.0977. The molecule has 0 bridgehead atoms. The van der Waals surface area contributed by atoms with Crippen LogP contribution in [0.5, 0.6) is 0 Å². The highest BCUT2D eigenvalue weighted by Gasteiger charge is 2.46. The molecule has 5 rings (SSSR count). The molecule has 1 spiro atoms. The number of anilines is 1. The number of halogens is 6. The van der Waals surface area contributed by atoms with Crippen molar-refractivity contribution in [2.45, 2.75) is 18.3 Å². The highest BCUT2D eigenvalue weighted by molar-refractivity contribution is 6.33. The van der Waals surface area contributed by atoms with Gasteiger partial charge in [-0.25, -0.2) is 13.8 Å². The number of amides is 1. The highest BCUT2D eigenvalue weighted by Crippen LogP contribution is 2.48. The average molecular weight is 583 g/mol. The third-order valence-electron chi connectivity index (χ3n) is 7.08. The maximum absolute atomic E-state index is 14.1. The van der Waals surface area contributed by atoms with Gasteiger partial charge in [0, 0.05) is 40.3 Å². The Labute approximate surface area is 233 Å². The van der Waals surface area contributed by atoms with Crippen LogP contribution in [0, 0.1) is 11.6 Å². The normalized spacial score (nSPS) is 17.1. The molecular weight excluding hydrogens is 562 g/mol. The Kier molecular flexibility index (Phi) is 7.49. The highest BCUT2D eigenvalue weighted by atomic mass is 35.5. The zero-order valence-electron chi connectivity index (χ0n) is 19.5. The molecule has 0 unspecified atom stereocenters. The number of hydrogen-bond donors (Lipinski definition) is 0. The van der Waals surface area contributed by atoms with E-state index in [1.807, 2.05) is 12.1 Å². The Bertz CT molecular complexity index is 1390. The van der Waals surface area contributed by atoms with Gasteiger partial charge in [-0.1, -0.05) is 58.6 Å². The average Bonchev–Trinajstić information content (AvgIpc) is 3.17. The predicted molar refractivity (Wildman–Crippen MR) is 145 cm³/mol. The third kappa shape index (κ3) is 5.23. The molecule has 1 amide bonds. The fourth-order valence-electron chi connectivity index (χ4n) is 5.17. The molecule has 1 saturated heterocycles. The van der Waals surface area contributed by atoms with Crippen LogP contribution in [-0.4, -0.2) is 42.0 Å². The van der Waals surface area contributed by atoms with Crippen molar-refractivity contribution in [3.05, 3.63) is 97.2 Å². The first-order valence-corrected chi connectivity index (χ1v) is 13.2. The molecule has 0 aliphatic carbocycles. The number of likely N-dealkylation sites (tertiary alicyclic amines) is 1. The summed E-state index contributed by atoms with van der Waals surface area (Å²) in [6, 6.07) is 10.7. The van der Waals surface area contributed by atoms with Gasteiger partial charge in [-0.15, -0.1) is 0 Å². The standard InChI is InChI=1S/C27H21Cl4F2N3O/c28-17-3-6-22-19(14-17)27(15-36(22)26(37)16-12-23(29)34-24(30)13-16)7-10-35(11-8-27)9-1-2-18-20(32)4-5-21(33)25(18)31/h1-6,12-14H,7-11,15H2. The van der Waals surface area contributed by atoms with Crippen molar-refractivity contribution in [1.82, 2.24) is 9.88 Å². The summed E-state index contributed by atoms with van der Waals surface area (Å²) in [4.78, 5) is 21.4. The SMILES string of the molecule is O=C(c1cc(Cl)nc(Cl)c1)N1CC2(CCN(CC=Cc3c(F)ccc(F)c3Cl)CC2)c2cc(Cl)ccc21. The van der Waals surface area contributed by atoms with Crippen molar-refractivity contribution in [3.8, 4) is 0 Å². The molecule has 3 heterocycles. The molecule has 4 nitrogen and oxygen atoms in total. The number of carbonyl (C=O) groups is 1. The van der Waals surface area contributed by atoms with Gasteiger partial charge in [0.2, 0.25) is 0 Å². The molecule has 2 aromatic carbocycles. The molecule has 0 radical (unpaired) electrons. The Morgan fingerprint density at radius 2 is 1.65 bits per heavy atom. The molecule has 0 N–H and O–H groups in total. The van der Waals surface area contributed by atoms with Crippen molar-refractivity contribution in [3.63, 3.8) is 0 Å². The molecule has 2 aliphatic heterocycles. The molecule has 0 atom stereocenters. The van der Waals surface area contributed by atoms with Crippen molar-refractivity contribution < 1.29 is 13.6 Å². The predicted octanol–water partition coefficient (Wildman–Crippen LogP) is 7.68. The second kappa shape index (κ2) is 10.5. The topological polar surface area (TPSA) is 36.4 Å². The number of fused-ring (bicyclic) bond motifs is 2. The number of aromatic nitrogens is 1. The second-order valence-corrected chi connectivity index (χ2v) is 10.9. The van der Waals surface area contributed by atoms with Crippen LogP contribution in [0.15, 0.2) is 48.5 Å². The molecule has 1 fully saturated rings. The summed E-state index contributed by atoms with van der Waals surface area (Å²) in [5, 5.41) is 0.695. The summed E-state index contributed by atoms with van der Waals surface area (Å²) in [6.07, 6.45) is 4.89. The maximum Gasteiger partial charge on any atom is 0.258 e. The number of nitrogens with zero attached hydrogens (tertiary/aromatic N) is 3. The molecule has 0 saturated carbocycles. The van der Waals surface area contributed by atoms with E-state index in [0.717, 1.165) is 49.3 Å². The van der Waals surface area contributed by atoms with Crippen molar-refractivity contribution >= 4 is 64.1 Å².